The summed E-state index contributed by atoms with van der Waals surface area (Å²) in [6.07, 6.45) is 0. The summed E-state index contributed by atoms with van der Waals surface area (Å²) in [5.41, 5.74) is 0.858. The van der Waals surface area contributed by atoms with Crippen molar-refractivity contribution in [1.29, 1.82) is 0 Å². The van der Waals surface area contributed by atoms with E-state index in [1.165, 1.54) is 17.6 Å². The Kier molecular flexibility index (Phi) is 1.65. The van der Waals surface area contributed by atoms with Gasteiger partial charge in [0, 0.05) is 0 Å². The van der Waals surface area contributed by atoms with Crippen molar-refractivity contribution < 1.29 is 4.48 Å². The molecule has 1 fully saturated rings. The van der Waals surface area contributed by atoms with Gasteiger partial charge in [0.05, 0.1) is 11.1 Å². The lowest BCUT2D eigenvalue weighted by Gasteiger charge is -2.43. The van der Waals surface area contributed by atoms with Crippen molar-refractivity contribution in [2.45, 2.75) is 52.6 Å². The normalized spacial score (nSPS) is 23.5. The Morgan fingerprint density at radius 3 is 1.00 bits per heavy atom. The average Bonchev–Trinajstić information content (AvgIpc) is 2.31. The molecule has 1 saturated heterocycles. The van der Waals surface area contributed by atoms with Gasteiger partial charge in [-0.05, 0) is 41.5 Å². The van der Waals surface area contributed by atoms with Crippen LogP contribution in [0.15, 0.2) is 0 Å². The molecular weight excluding hydrogens is 134 g/mol. The molecule has 0 aromatic carbocycles. The number of nitrogens with zero attached hydrogens (tertiary/aromatic N) is 1. The van der Waals surface area contributed by atoms with E-state index in [-0.39, 0.29) is 0 Å². The molecule has 0 bridgehead atoms. The molecule has 0 unspecified atom stereocenters. The van der Waals surface area contributed by atoms with Crippen LogP contribution >= 0.6 is 0 Å². The number of hydrogen-bond acceptors (Lipinski definition) is 0. The minimum atomic E-state index is 0.429. The molecule has 1 heteroatoms. The second kappa shape index (κ2) is 2.01. The topological polar surface area (TPSA) is 0 Å². The third-order valence-electron chi connectivity index (χ3n) is 3.24. The third-order valence-corrected chi connectivity index (χ3v) is 3.24. The largest absolute Gasteiger partial charge is 0.306 e. The fraction of sp³-hybridized carbons (Fsp3) is 1.00. The Labute approximate surface area is 71.0 Å². The molecule has 66 valence electrons. The van der Waals surface area contributed by atoms with E-state index < -0.39 is 0 Å². The van der Waals surface area contributed by atoms with Gasteiger partial charge >= 0.3 is 0 Å². The number of quaternary nitrogens is 1. The van der Waals surface area contributed by atoms with E-state index in [1.807, 2.05) is 0 Å². The minimum absolute atomic E-state index is 0.429. The summed E-state index contributed by atoms with van der Waals surface area (Å²) in [4.78, 5) is 0. The molecule has 1 nitrogen and oxygen atoms in total. The van der Waals surface area contributed by atoms with E-state index in [1.54, 1.807) is 0 Å². The molecule has 0 aromatic heterocycles. The van der Waals surface area contributed by atoms with E-state index in [0.717, 1.165) is 0 Å². The van der Waals surface area contributed by atoms with Crippen molar-refractivity contribution in [3.05, 3.63) is 0 Å². The van der Waals surface area contributed by atoms with Gasteiger partial charge in [0.15, 0.2) is 0 Å². The van der Waals surface area contributed by atoms with Crippen LogP contribution in [0, 0.1) is 0 Å². The predicted molar refractivity (Wildman–Crippen MR) is 49.5 cm³/mol. The average molecular weight is 156 g/mol. The molecule has 1 rings (SSSR count). The molecule has 0 aromatic rings. The molecule has 0 amide bonds. The Balaban J connectivity index is 2.85. The Morgan fingerprint density at radius 1 is 0.727 bits per heavy atom. The van der Waals surface area contributed by atoms with Crippen molar-refractivity contribution in [1.82, 2.24) is 0 Å². The first-order valence-electron chi connectivity index (χ1n) is 4.58. The summed E-state index contributed by atoms with van der Waals surface area (Å²) < 4.78 is 1.29. The van der Waals surface area contributed by atoms with Crippen LogP contribution in [0.25, 0.3) is 0 Å². The maximum Gasteiger partial charge on any atom is 0.129 e. The van der Waals surface area contributed by atoms with Gasteiger partial charge in [0.1, 0.15) is 13.1 Å². The molecule has 0 radical (unpaired) electrons. The summed E-state index contributed by atoms with van der Waals surface area (Å²) >= 11 is 0. The summed E-state index contributed by atoms with van der Waals surface area (Å²) in [5.74, 6) is 0. The number of rotatable bonds is 0. The Hall–Kier alpha value is -0.0400. The molecule has 0 atom stereocenters. The van der Waals surface area contributed by atoms with E-state index in [9.17, 15) is 0 Å². The third kappa shape index (κ3) is 1.20. The van der Waals surface area contributed by atoms with Crippen LogP contribution in [0.3, 0.4) is 0 Å². The monoisotopic (exact) mass is 156 g/mol. The quantitative estimate of drug-likeness (QED) is 0.373. The minimum Gasteiger partial charge on any atom is -0.306 e. The predicted octanol–water partition coefficient (Wildman–Crippen LogP) is 2.41. The molecule has 0 aliphatic carbocycles. The molecule has 1 aliphatic heterocycles. The summed E-state index contributed by atoms with van der Waals surface area (Å²) in [7, 11) is 0. The van der Waals surface area contributed by atoms with Crippen LogP contribution in [0.1, 0.15) is 41.5 Å². The Bertz CT molecular complexity index is 137. The van der Waals surface area contributed by atoms with E-state index >= 15 is 0 Å². The van der Waals surface area contributed by atoms with Gasteiger partial charge in [-0.15, -0.1) is 0 Å². The van der Waals surface area contributed by atoms with Crippen molar-refractivity contribution in [3.63, 3.8) is 0 Å². The van der Waals surface area contributed by atoms with Gasteiger partial charge in [-0.1, -0.05) is 0 Å². The highest BCUT2D eigenvalue weighted by Crippen LogP contribution is 2.43. The van der Waals surface area contributed by atoms with E-state index in [0.29, 0.717) is 11.1 Å². The van der Waals surface area contributed by atoms with Crippen LogP contribution in [0.4, 0.5) is 0 Å². The first-order chi connectivity index (χ1) is 4.71. The molecule has 1 heterocycles. The van der Waals surface area contributed by atoms with Gasteiger partial charge in [-0.2, -0.15) is 0 Å². The van der Waals surface area contributed by atoms with Crippen LogP contribution < -0.4 is 0 Å². The Morgan fingerprint density at radius 2 is 1.00 bits per heavy atom. The van der Waals surface area contributed by atoms with Crippen LogP contribution in [0.5, 0.6) is 0 Å². The SMILES string of the molecule is CC(C)(C)[N+]1(C(C)(C)C)CC1. The lowest BCUT2D eigenvalue weighted by Crippen LogP contribution is -2.55. The van der Waals surface area contributed by atoms with Crippen molar-refractivity contribution in [3.8, 4) is 0 Å². The summed E-state index contributed by atoms with van der Waals surface area (Å²) in [6.45, 7) is 16.9. The van der Waals surface area contributed by atoms with Gasteiger partial charge < -0.3 is 4.48 Å². The molecule has 0 N–H and O–H groups in total. The van der Waals surface area contributed by atoms with E-state index in [2.05, 4.69) is 41.5 Å². The molecule has 11 heavy (non-hydrogen) atoms. The molecule has 1 aliphatic rings. The maximum atomic E-state index is 2.35. The lowest BCUT2D eigenvalue weighted by molar-refractivity contribution is -0.897. The zero-order valence-electron chi connectivity index (χ0n) is 8.86. The van der Waals surface area contributed by atoms with Crippen LogP contribution in [-0.4, -0.2) is 28.7 Å². The highest BCUT2D eigenvalue weighted by Gasteiger charge is 2.58. The molecule has 0 spiro atoms. The molecular formula is C10H22N+. The molecule has 0 saturated carbocycles. The number of hydrogen-bond donors (Lipinski definition) is 0. The smallest absolute Gasteiger partial charge is 0.129 e. The van der Waals surface area contributed by atoms with Gasteiger partial charge in [0.2, 0.25) is 0 Å². The second-order valence-corrected chi connectivity index (χ2v) is 5.76. The van der Waals surface area contributed by atoms with Crippen LogP contribution in [0.2, 0.25) is 0 Å². The fourth-order valence-electron chi connectivity index (χ4n) is 2.45. The maximum absolute atomic E-state index is 2.35. The standard InChI is InChI=1S/C10H22N/c1-9(2,3)11(7-8-11)10(4,5)6/h7-8H2,1-6H3/q+1. The first-order valence-corrected chi connectivity index (χ1v) is 4.58. The first kappa shape index (κ1) is 9.05. The van der Waals surface area contributed by atoms with Crippen molar-refractivity contribution >= 4 is 0 Å². The van der Waals surface area contributed by atoms with Crippen molar-refractivity contribution in [2.75, 3.05) is 13.1 Å². The van der Waals surface area contributed by atoms with Crippen LogP contribution in [-0.2, 0) is 0 Å². The second-order valence-electron chi connectivity index (χ2n) is 5.76. The summed E-state index contributed by atoms with van der Waals surface area (Å²) in [5, 5.41) is 0. The highest BCUT2D eigenvalue weighted by atomic mass is 15.5. The van der Waals surface area contributed by atoms with Crippen molar-refractivity contribution in [2.24, 2.45) is 0 Å². The zero-order chi connectivity index (χ0) is 8.91. The fourth-order valence-corrected chi connectivity index (χ4v) is 2.45. The van der Waals surface area contributed by atoms with E-state index in [4.69, 9.17) is 0 Å². The van der Waals surface area contributed by atoms with Gasteiger partial charge in [-0.25, -0.2) is 0 Å². The van der Waals surface area contributed by atoms with Gasteiger partial charge in [-0.3, -0.25) is 0 Å². The highest BCUT2D eigenvalue weighted by molar-refractivity contribution is 4.81. The summed E-state index contributed by atoms with van der Waals surface area (Å²) in [6, 6.07) is 0. The lowest BCUT2D eigenvalue weighted by atomic mass is 9.96. The van der Waals surface area contributed by atoms with Gasteiger partial charge in [0.25, 0.3) is 0 Å². The zero-order valence-corrected chi connectivity index (χ0v) is 8.86.